The van der Waals surface area contributed by atoms with Crippen molar-refractivity contribution in [3.05, 3.63) is 28.0 Å². The number of halogens is 2. The van der Waals surface area contributed by atoms with Crippen LogP contribution in [0, 0.1) is 5.82 Å². The van der Waals surface area contributed by atoms with E-state index in [4.69, 9.17) is 21.1 Å². The highest BCUT2D eigenvalue weighted by atomic mass is 35.5. The van der Waals surface area contributed by atoms with Crippen LogP contribution in [0.25, 0.3) is 0 Å². The van der Waals surface area contributed by atoms with Crippen LogP contribution in [-0.2, 0) is 16.0 Å². The molecule has 0 aromatic heterocycles. The number of nitrogens with one attached hydrogen (secondary N) is 1. The number of rotatable bonds is 3. The number of imide groups is 1. The first-order chi connectivity index (χ1) is 8.99. The van der Waals surface area contributed by atoms with Crippen molar-refractivity contribution in [3.8, 4) is 5.75 Å². The maximum Gasteiger partial charge on any atom is 0.415 e. The fourth-order valence-electron chi connectivity index (χ4n) is 1.97. The summed E-state index contributed by atoms with van der Waals surface area (Å²) in [5.74, 6) is -1.41. The molecule has 1 atom stereocenters. The Bertz CT molecular complexity index is 561. The van der Waals surface area contributed by atoms with Gasteiger partial charge in [-0.05, 0) is 18.1 Å². The van der Waals surface area contributed by atoms with E-state index >= 15 is 0 Å². The third kappa shape index (κ3) is 2.23. The van der Waals surface area contributed by atoms with Crippen molar-refractivity contribution in [1.82, 2.24) is 5.32 Å². The Morgan fingerprint density at radius 3 is 2.68 bits per heavy atom. The van der Waals surface area contributed by atoms with E-state index in [2.05, 4.69) is 0 Å². The van der Waals surface area contributed by atoms with Crippen molar-refractivity contribution in [2.24, 2.45) is 0 Å². The molecular formula is C12H11ClFNO4. The molecule has 1 fully saturated rings. The number of cyclic esters (lactones) is 1. The van der Waals surface area contributed by atoms with Gasteiger partial charge in [-0.3, -0.25) is 10.1 Å². The van der Waals surface area contributed by atoms with E-state index in [1.165, 1.54) is 13.2 Å². The molecule has 1 aliphatic heterocycles. The zero-order valence-electron chi connectivity index (χ0n) is 10.3. The standard InChI is InChI=1S/C12H11ClFNO4/c1-3-5-4-6(13)8(14)7(9(5)18-2)10-11(16)15-12(17)19-10/h4,10H,3H2,1-2H3,(H,15,16,17). The quantitative estimate of drug-likeness (QED) is 0.927. The lowest BCUT2D eigenvalue weighted by Crippen LogP contribution is -2.21. The van der Waals surface area contributed by atoms with Gasteiger partial charge in [0.15, 0.2) is 5.82 Å². The van der Waals surface area contributed by atoms with Crippen LogP contribution in [0.5, 0.6) is 5.75 Å². The first-order valence-electron chi connectivity index (χ1n) is 5.55. The molecule has 102 valence electrons. The van der Waals surface area contributed by atoms with Gasteiger partial charge in [0, 0.05) is 0 Å². The van der Waals surface area contributed by atoms with Crippen LogP contribution in [0.1, 0.15) is 24.2 Å². The van der Waals surface area contributed by atoms with Gasteiger partial charge in [0.2, 0.25) is 6.10 Å². The molecule has 0 aliphatic carbocycles. The molecule has 1 aromatic carbocycles. The van der Waals surface area contributed by atoms with Gasteiger partial charge in [-0.15, -0.1) is 0 Å². The van der Waals surface area contributed by atoms with Crippen molar-refractivity contribution in [2.75, 3.05) is 7.11 Å². The monoisotopic (exact) mass is 287 g/mol. The average molecular weight is 288 g/mol. The van der Waals surface area contributed by atoms with E-state index in [0.717, 1.165) is 0 Å². The van der Waals surface area contributed by atoms with Crippen LogP contribution in [-0.4, -0.2) is 19.1 Å². The second kappa shape index (κ2) is 5.05. The summed E-state index contributed by atoms with van der Waals surface area (Å²) in [6.45, 7) is 1.83. The Morgan fingerprint density at radius 1 is 1.53 bits per heavy atom. The summed E-state index contributed by atoms with van der Waals surface area (Å²) in [5.41, 5.74) is 0.467. The molecule has 1 aliphatic rings. The number of benzene rings is 1. The SMILES string of the molecule is CCc1cc(Cl)c(F)c(C2OC(=O)NC2=O)c1OC. The Balaban J connectivity index is 2.63. The molecule has 0 saturated carbocycles. The van der Waals surface area contributed by atoms with Crippen molar-refractivity contribution in [1.29, 1.82) is 0 Å². The third-order valence-corrected chi connectivity index (χ3v) is 3.09. The van der Waals surface area contributed by atoms with Crippen LogP contribution >= 0.6 is 11.6 Å². The summed E-state index contributed by atoms with van der Waals surface area (Å²) < 4.78 is 24.0. The molecule has 1 heterocycles. The summed E-state index contributed by atoms with van der Waals surface area (Å²) in [7, 11) is 1.35. The van der Waals surface area contributed by atoms with Gasteiger partial charge >= 0.3 is 6.09 Å². The molecule has 2 amide bonds. The van der Waals surface area contributed by atoms with E-state index in [-0.39, 0.29) is 16.3 Å². The maximum absolute atomic E-state index is 14.1. The van der Waals surface area contributed by atoms with Crippen LogP contribution in [0.15, 0.2) is 6.07 Å². The van der Waals surface area contributed by atoms with Gasteiger partial charge in [-0.1, -0.05) is 18.5 Å². The number of hydrogen-bond donors (Lipinski definition) is 1. The zero-order chi connectivity index (χ0) is 14.2. The van der Waals surface area contributed by atoms with Crippen LogP contribution in [0.2, 0.25) is 5.02 Å². The molecule has 1 aromatic rings. The Labute approximate surface area is 113 Å². The van der Waals surface area contributed by atoms with Crippen molar-refractivity contribution in [2.45, 2.75) is 19.4 Å². The van der Waals surface area contributed by atoms with E-state index < -0.39 is 23.9 Å². The van der Waals surface area contributed by atoms with E-state index in [1.807, 2.05) is 12.2 Å². The first-order valence-corrected chi connectivity index (χ1v) is 5.93. The molecule has 0 bridgehead atoms. The summed E-state index contributed by atoms with van der Waals surface area (Å²) in [6, 6.07) is 1.42. The van der Waals surface area contributed by atoms with E-state index in [1.54, 1.807) is 0 Å². The normalized spacial score (nSPS) is 18.2. The second-order valence-electron chi connectivity index (χ2n) is 3.91. The molecule has 2 rings (SSSR count). The molecule has 1 N–H and O–H groups in total. The van der Waals surface area contributed by atoms with Gasteiger partial charge in [0.1, 0.15) is 5.75 Å². The topological polar surface area (TPSA) is 64.6 Å². The predicted octanol–water partition coefficient (Wildman–Crippen LogP) is 2.36. The lowest BCUT2D eigenvalue weighted by Gasteiger charge is -2.17. The molecule has 1 saturated heterocycles. The van der Waals surface area contributed by atoms with Crippen LogP contribution < -0.4 is 10.1 Å². The molecule has 7 heteroatoms. The number of alkyl carbamates (subject to hydrolysis) is 1. The summed E-state index contributed by atoms with van der Waals surface area (Å²) in [4.78, 5) is 22.6. The van der Waals surface area contributed by atoms with Gasteiger partial charge in [0.25, 0.3) is 5.91 Å². The molecule has 1 unspecified atom stereocenters. The van der Waals surface area contributed by atoms with Crippen molar-refractivity contribution in [3.63, 3.8) is 0 Å². The van der Waals surface area contributed by atoms with Crippen molar-refractivity contribution < 1.29 is 23.5 Å². The minimum atomic E-state index is -1.38. The van der Waals surface area contributed by atoms with Gasteiger partial charge in [-0.2, -0.15) is 0 Å². The summed E-state index contributed by atoms with van der Waals surface area (Å²) in [5, 5.41) is 1.79. The third-order valence-electron chi connectivity index (χ3n) is 2.82. The Morgan fingerprint density at radius 2 is 2.21 bits per heavy atom. The molecule has 5 nitrogen and oxygen atoms in total. The Hall–Kier alpha value is -1.82. The lowest BCUT2D eigenvalue weighted by molar-refractivity contribution is -0.123. The molecule has 0 spiro atoms. The largest absolute Gasteiger partial charge is 0.496 e. The minimum Gasteiger partial charge on any atom is -0.496 e. The predicted molar refractivity (Wildman–Crippen MR) is 64.7 cm³/mol. The Kier molecular flexibility index (Phi) is 3.61. The van der Waals surface area contributed by atoms with Gasteiger partial charge in [0.05, 0.1) is 17.7 Å². The zero-order valence-corrected chi connectivity index (χ0v) is 11.0. The van der Waals surface area contributed by atoms with E-state index in [0.29, 0.717) is 12.0 Å². The number of aryl methyl sites for hydroxylation is 1. The molecule has 0 radical (unpaired) electrons. The van der Waals surface area contributed by atoms with Crippen molar-refractivity contribution >= 4 is 23.6 Å². The number of amides is 2. The highest BCUT2D eigenvalue weighted by Gasteiger charge is 2.39. The lowest BCUT2D eigenvalue weighted by atomic mass is 10.0. The summed E-state index contributed by atoms with van der Waals surface area (Å²) >= 11 is 5.79. The van der Waals surface area contributed by atoms with Gasteiger partial charge in [-0.25, -0.2) is 9.18 Å². The number of ether oxygens (including phenoxy) is 2. The number of hydrogen-bond acceptors (Lipinski definition) is 4. The highest BCUT2D eigenvalue weighted by molar-refractivity contribution is 6.31. The maximum atomic E-state index is 14.1. The van der Waals surface area contributed by atoms with Crippen LogP contribution in [0.3, 0.4) is 0 Å². The van der Waals surface area contributed by atoms with E-state index in [9.17, 15) is 14.0 Å². The molecule has 19 heavy (non-hydrogen) atoms. The number of carbonyl (C=O) groups excluding carboxylic acids is 2. The van der Waals surface area contributed by atoms with Crippen LogP contribution in [0.4, 0.5) is 9.18 Å². The second-order valence-corrected chi connectivity index (χ2v) is 4.31. The first kappa shape index (κ1) is 13.6. The number of methoxy groups -OCH3 is 1. The fourth-order valence-corrected chi connectivity index (χ4v) is 2.20. The average Bonchev–Trinajstić information content (AvgIpc) is 2.70. The van der Waals surface area contributed by atoms with Gasteiger partial charge < -0.3 is 9.47 Å². The fraction of sp³-hybridized carbons (Fsp3) is 0.333. The highest BCUT2D eigenvalue weighted by Crippen LogP contribution is 2.38. The molecular weight excluding hydrogens is 277 g/mol. The minimum absolute atomic E-state index is 0.150. The number of carbonyl (C=O) groups is 2. The smallest absolute Gasteiger partial charge is 0.415 e. The summed E-state index contributed by atoms with van der Waals surface area (Å²) in [6.07, 6.45) is -1.78.